The Balaban J connectivity index is 2.43. The van der Waals surface area contributed by atoms with Gasteiger partial charge < -0.3 is 0 Å². The molecule has 1 heterocycles. The molecule has 1 aromatic heterocycles. The van der Waals surface area contributed by atoms with Gasteiger partial charge in [0, 0.05) is 16.5 Å². The Labute approximate surface area is 119 Å². The van der Waals surface area contributed by atoms with E-state index in [1.165, 1.54) is 22.4 Å². The quantitative estimate of drug-likeness (QED) is 0.869. The van der Waals surface area contributed by atoms with E-state index in [4.69, 9.17) is 5.26 Å². The van der Waals surface area contributed by atoms with E-state index in [1.807, 2.05) is 19.9 Å². The minimum atomic E-state index is -0.287. The molecule has 7 heteroatoms. The second-order valence-electron chi connectivity index (χ2n) is 4.36. The summed E-state index contributed by atoms with van der Waals surface area (Å²) in [6, 6.07) is 6.82. The number of nitrogens with one attached hydrogen (secondary N) is 1. The van der Waals surface area contributed by atoms with E-state index in [-0.39, 0.29) is 11.7 Å². The lowest BCUT2D eigenvalue weighted by molar-refractivity contribution is 0.112. The van der Waals surface area contributed by atoms with Crippen molar-refractivity contribution in [3.05, 3.63) is 39.8 Å². The molecular weight excluding hydrogens is 276 g/mol. The first-order chi connectivity index (χ1) is 9.56. The van der Waals surface area contributed by atoms with Crippen molar-refractivity contribution >= 4 is 18.0 Å². The summed E-state index contributed by atoms with van der Waals surface area (Å²) in [6.45, 7) is 3.75. The van der Waals surface area contributed by atoms with Crippen LogP contribution in [0.4, 0.5) is 0 Å². The van der Waals surface area contributed by atoms with Gasteiger partial charge in [-0.25, -0.2) is 9.89 Å². The maximum Gasteiger partial charge on any atom is 0.344 e. The Hall–Kier alpha value is -2.33. The van der Waals surface area contributed by atoms with Crippen molar-refractivity contribution in [2.45, 2.75) is 29.9 Å². The summed E-state index contributed by atoms with van der Waals surface area (Å²) < 4.78 is 1.51. The highest BCUT2D eigenvalue weighted by atomic mass is 32.2. The summed E-state index contributed by atoms with van der Waals surface area (Å²) >= 11 is 1.22. The average molecular weight is 288 g/mol. The lowest BCUT2D eigenvalue weighted by Crippen LogP contribution is -2.19. The largest absolute Gasteiger partial charge is 0.344 e. The van der Waals surface area contributed by atoms with E-state index in [0.29, 0.717) is 27.5 Å². The first-order valence-corrected chi connectivity index (χ1v) is 6.72. The SMILES string of the molecule is CC(C)n1c(Sc2ccc(C=O)cc2C#N)n[nH]c1=O. The number of nitriles is 1. The molecule has 0 unspecified atom stereocenters. The summed E-state index contributed by atoms with van der Waals surface area (Å²) in [4.78, 5) is 23.0. The average Bonchev–Trinajstić information content (AvgIpc) is 2.80. The number of hydrogen-bond donors (Lipinski definition) is 1. The number of aldehydes is 1. The minimum absolute atomic E-state index is 0.0384. The fourth-order valence-corrected chi connectivity index (χ4v) is 2.74. The first kappa shape index (κ1) is 14.1. The Bertz CT molecular complexity index is 740. The number of nitrogens with zero attached hydrogens (tertiary/aromatic N) is 3. The molecule has 0 fully saturated rings. The van der Waals surface area contributed by atoms with E-state index in [1.54, 1.807) is 12.1 Å². The molecule has 0 amide bonds. The zero-order valence-electron chi connectivity index (χ0n) is 11.0. The van der Waals surface area contributed by atoms with Crippen molar-refractivity contribution in [3.63, 3.8) is 0 Å². The third kappa shape index (κ3) is 2.65. The monoisotopic (exact) mass is 288 g/mol. The first-order valence-electron chi connectivity index (χ1n) is 5.91. The van der Waals surface area contributed by atoms with Gasteiger partial charge >= 0.3 is 5.69 Å². The molecule has 0 aliphatic rings. The van der Waals surface area contributed by atoms with Crippen molar-refractivity contribution in [2.24, 2.45) is 0 Å². The standard InChI is InChI=1S/C13H12N4O2S/c1-8(2)17-12(19)15-16-13(17)20-11-4-3-9(7-18)5-10(11)6-14/h3-5,7-8H,1-2H3,(H,15,19). The van der Waals surface area contributed by atoms with Crippen molar-refractivity contribution in [3.8, 4) is 6.07 Å². The summed E-state index contributed by atoms with van der Waals surface area (Å²) in [5.41, 5.74) is 0.532. The number of carbonyl (C=O) groups is 1. The predicted octanol–water partition coefficient (Wildman–Crippen LogP) is 1.99. The predicted molar refractivity (Wildman–Crippen MR) is 73.9 cm³/mol. The normalized spacial score (nSPS) is 10.5. The summed E-state index contributed by atoms with van der Waals surface area (Å²) in [5, 5.41) is 16.0. The molecule has 0 aliphatic carbocycles. The van der Waals surface area contributed by atoms with Crippen molar-refractivity contribution in [1.82, 2.24) is 14.8 Å². The van der Waals surface area contributed by atoms with Gasteiger partial charge in [-0.05, 0) is 37.7 Å². The smallest absolute Gasteiger partial charge is 0.298 e. The maximum atomic E-state index is 11.6. The molecule has 6 nitrogen and oxygen atoms in total. The van der Waals surface area contributed by atoms with E-state index < -0.39 is 0 Å². The van der Waals surface area contributed by atoms with Gasteiger partial charge in [-0.3, -0.25) is 9.36 Å². The Kier molecular flexibility index (Phi) is 4.05. The number of carbonyl (C=O) groups excluding carboxylic acids is 1. The van der Waals surface area contributed by atoms with Gasteiger partial charge in [-0.1, -0.05) is 6.07 Å². The molecule has 102 valence electrons. The molecule has 0 saturated carbocycles. The van der Waals surface area contributed by atoms with Crippen LogP contribution in [0.3, 0.4) is 0 Å². The zero-order valence-corrected chi connectivity index (χ0v) is 11.8. The van der Waals surface area contributed by atoms with Crippen LogP contribution in [0, 0.1) is 11.3 Å². The fourth-order valence-electron chi connectivity index (χ4n) is 1.71. The Morgan fingerprint density at radius 1 is 1.50 bits per heavy atom. The van der Waals surface area contributed by atoms with E-state index >= 15 is 0 Å². The van der Waals surface area contributed by atoms with Gasteiger partial charge in [0.05, 0.1) is 5.56 Å². The van der Waals surface area contributed by atoms with Crippen LogP contribution in [0.25, 0.3) is 0 Å². The van der Waals surface area contributed by atoms with Crippen molar-refractivity contribution in [2.75, 3.05) is 0 Å². The molecule has 1 N–H and O–H groups in total. The number of benzene rings is 1. The van der Waals surface area contributed by atoms with Crippen molar-refractivity contribution < 1.29 is 4.79 Å². The third-order valence-electron chi connectivity index (χ3n) is 2.65. The van der Waals surface area contributed by atoms with E-state index in [2.05, 4.69) is 10.2 Å². The van der Waals surface area contributed by atoms with Crippen LogP contribution in [0.5, 0.6) is 0 Å². The number of aromatic nitrogens is 3. The number of hydrogen-bond acceptors (Lipinski definition) is 5. The van der Waals surface area contributed by atoms with Gasteiger partial charge in [-0.2, -0.15) is 5.26 Å². The summed E-state index contributed by atoms with van der Waals surface area (Å²) in [5.74, 6) is 0. The topological polar surface area (TPSA) is 91.5 Å². The summed E-state index contributed by atoms with van der Waals surface area (Å²) in [7, 11) is 0. The van der Waals surface area contributed by atoms with Crippen LogP contribution in [0.15, 0.2) is 33.0 Å². The Morgan fingerprint density at radius 3 is 2.85 bits per heavy atom. The molecule has 0 bridgehead atoms. The highest BCUT2D eigenvalue weighted by molar-refractivity contribution is 7.99. The molecule has 1 aromatic carbocycles. The highest BCUT2D eigenvalue weighted by Crippen LogP contribution is 2.29. The molecule has 20 heavy (non-hydrogen) atoms. The van der Waals surface area contributed by atoms with E-state index in [0.717, 1.165) is 0 Å². The second kappa shape index (κ2) is 5.75. The van der Waals surface area contributed by atoms with Gasteiger partial charge in [-0.15, -0.1) is 5.10 Å². The van der Waals surface area contributed by atoms with Crippen LogP contribution in [0.1, 0.15) is 35.8 Å². The lowest BCUT2D eigenvalue weighted by Gasteiger charge is -2.09. The highest BCUT2D eigenvalue weighted by Gasteiger charge is 2.14. The molecule has 0 radical (unpaired) electrons. The van der Waals surface area contributed by atoms with Gasteiger partial charge in [0.2, 0.25) is 0 Å². The molecule has 0 spiro atoms. The second-order valence-corrected chi connectivity index (χ2v) is 5.37. The fraction of sp³-hybridized carbons (Fsp3) is 0.231. The molecule has 2 rings (SSSR count). The van der Waals surface area contributed by atoms with Gasteiger partial charge in [0.1, 0.15) is 12.4 Å². The molecule has 0 atom stereocenters. The maximum absolute atomic E-state index is 11.6. The van der Waals surface area contributed by atoms with Crippen LogP contribution in [0.2, 0.25) is 0 Å². The molecule has 2 aromatic rings. The van der Waals surface area contributed by atoms with Crippen LogP contribution in [-0.4, -0.2) is 21.1 Å². The van der Waals surface area contributed by atoms with E-state index in [9.17, 15) is 9.59 Å². The van der Waals surface area contributed by atoms with Gasteiger partial charge in [0.25, 0.3) is 0 Å². The number of aromatic amines is 1. The third-order valence-corrected chi connectivity index (χ3v) is 3.70. The van der Waals surface area contributed by atoms with Crippen LogP contribution >= 0.6 is 11.8 Å². The Morgan fingerprint density at radius 2 is 2.25 bits per heavy atom. The van der Waals surface area contributed by atoms with Crippen LogP contribution < -0.4 is 5.69 Å². The molecule has 0 saturated heterocycles. The zero-order chi connectivity index (χ0) is 14.7. The van der Waals surface area contributed by atoms with Crippen molar-refractivity contribution in [1.29, 1.82) is 5.26 Å². The number of rotatable bonds is 4. The molecular formula is C13H12N4O2S. The molecule has 0 aliphatic heterocycles. The van der Waals surface area contributed by atoms with Gasteiger partial charge in [0.15, 0.2) is 5.16 Å². The summed E-state index contributed by atoms with van der Waals surface area (Å²) in [6.07, 6.45) is 0.688. The lowest BCUT2D eigenvalue weighted by atomic mass is 10.1. The van der Waals surface area contributed by atoms with Crippen LogP contribution in [-0.2, 0) is 0 Å². The number of H-pyrrole nitrogens is 1. The minimum Gasteiger partial charge on any atom is -0.298 e.